The molecule has 1 rings (SSSR count). The van der Waals surface area contributed by atoms with Gasteiger partial charge in [0.2, 0.25) is 0 Å². The summed E-state index contributed by atoms with van der Waals surface area (Å²) in [5.41, 5.74) is 0.807. The van der Waals surface area contributed by atoms with Crippen LogP contribution in [-0.4, -0.2) is 5.78 Å². The fourth-order valence-corrected chi connectivity index (χ4v) is 1.47. The van der Waals surface area contributed by atoms with Crippen molar-refractivity contribution in [1.82, 2.24) is 0 Å². The third kappa shape index (κ3) is 3.21. The molecule has 0 amide bonds. The zero-order chi connectivity index (χ0) is 11.1. The molecule has 0 radical (unpaired) electrons. The number of Topliss-reactive ketones (excluding diaryl/α,β-unsaturated/α-hetero) is 1. The molecule has 1 aromatic rings. The topological polar surface area (TPSA) is 40.9 Å². The van der Waals surface area contributed by atoms with Crippen molar-refractivity contribution in [2.75, 3.05) is 0 Å². The molecule has 0 aromatic heterocycles. The third-order valence-corrected chi connectivity index (χ3v) is 2.36. The van der Waals surface area contributed by atoms with Gasteiger partial charge < -0.3 is 0 Å². The molecule has 1 unspecified atom stereocenters. The Bertz CT molecular complexity index is 351. The van der Waals surface area contributed by atoms with Gasteiger partial charge in [-0.05, 0) is 12.0 Å². The monoisotopic (exact) mass is 201 g/mol. The molecule has 0 N–H and O–H groups in total. The molecule has 0 spiro atoms. The van der Waals surface area contributed by atoms with E-state index >= 15 is 0 Å². The van der Waals surface area contributed by atoms with Gasteiger partial charge in [-0.25, -0.2) is 0 Å². The smallest absolute Gasteiger partial charge is 0.154 e. The highest BCUT2D eigenvalue weighted by Crippen LogP contribution is 2.18. The van der Waals surface area contributed by atoms with Gasteiger partial charge in [0.1, 0.15) is 5.92 Å². The lowest BCUT2D eigenvalue weighted by Gasteiger charge is -2.07. The van der Waals surface area contributed by atoms with Gasteiger partial charge in [0.05, 0.1) is 6.07 Å². The summed E-state index contributed by atoms with van der Waals surface area (Å²) in [7, 11) is 0. The summed E-state index contributed by atoms with van der Waals surface area (Å²) < 4.78 is 0. The molecule has 0 aliphatic heterocycles. The van der Waals surface area contributed by atoms with Crippen molar-refractivity contribution in [1.29, 1.82) is 5.26 Å². The Balaban J connectivity index is 2.73. The largest absolute Gasteiger partial charge is 0.298 e. The highest BCUT2D eigenvalue weighted by atomic mass is 16.1. The molecule has 1 atom stereocenters. The van der Waals surface area contributed by atoms with Gasteiger partial charge >= 0.3 is 0 Å². The second-order valence-electron chi connectivity index (χ2n) is 3.54. The van der Waals surface area contributed by atoms with Crippen molar-refractivity contribution >= 4 is 5.78 Å². The van der Waals surface area contributed by atoms with E-state index in [1.807, 2.05) is 37.3 Å². The molecule has 15 heavy (non-hydrogen) atoms. The third-order valence-electron chi connectivity index (χ3n) is 2.36. The van der Waals surface area contributed by atoms with Crippen molar-refractivity contribution in [3.63, 3.8) is 0 Å². The van der Waals surface area contributed by atoms with Crippen LogP contribution in [0.3, 0.4) is 0 Å². The maximum absolute atomic E-state index is 11.7. The van der Waals surface area contributed by atoms with Gasteiger partial charge in [-0.15, -0.1) is 0 Å². The van der Waals surface area contributed by atoms with Gasteiger partial charge in [0.15, 0.2) is 5.78 Å². The number of unbranched alkanes of at least 4 members (excludes halogenated alkanes) is 1. The minimum absolute atomic E-state index is 0.0329. The number of hydrogen-bond acceptors (Lipinski definition) is 2. The Kier molecular flexibility index (Phi) is 4.56. The second-order valence-corrected chi connectivity index (χ2v) is 3.54. The summed E-state index contributed by atoms with van der Waals surface area (Å²) >= 11 is 0. The zero-order valence-electron chi connectivity index (χ0n) is 8.94. The minimum atomic E-state index is -0.585. The van der Waals surface area contributed by atoms with Crippen LogP contribution in [0.5, 0.6) is 0 Å². The van der Waals surface area contributed by atoms with E-state index in [2.05, 4.69) is 6.07 Å². The maximum atomic E-state index is 11.7. The van der Waals surface area contributed by atoms with Crippen LogP contribution >= 0.6 is 0 Å². The molecule has 0 fully saturated rings. The molecular formula is C13H15NO. The van der Waals surface area contributed by atoms with Crippen LogP contribution in [0.1, 0.15) is 37.7 Å². The van der Waals surface area contributed by atoms with Crippen LogP contribution in [0, 0.1) is 11.3 Å². The fraction of sp³-hybridized carbons (Fsp3) is 0.385. The van der Waals surface area contributed by atoms with E-state index in [9.17, 15) is 4.79 Å². The van der Waals surface area contributed by atoms with E-state index in [1.54, 1.807) is 0 Å². The SMILES string of the molecule is CCCCC(=O)C(C#N)c1ccccc1. The average molecular weight is 201 g/mol. The summed E-state index contributed by atoms with van der Waals surface area (Å²) in [6.07, 6.45) is 2.35. The lowest BCUT2D eigenvalue weighted by atomic mass is 9.93. The van der Waals surface area contributed by atoms with E-state index in [1.165, 1.54) is 0 Å². The molecule has 0 aliphatic carbocycles. The second kappa shape index (κ2) is 5.98. The Labute approximate surface area is 90.5 Å². The normalized spacial score (nSPS) is 11.7. The maximum Gasteiger partial charge on any atom is 0.154 e. The van der Waals surface area contributed by atoms with E-state index in [4.69, 9.17) is 5.26 Å². The number of carbonyl (C=O) groups excluding carboxylic acids is 1. The van der Waals surface area contributed by atoms with Crippen LogP contribution in [0.2, 0.25) is 0 Å². The Morgan fingerprint density at radius 1 is 1.40 bits per heavy atom. The van der Waals surface area contributed by atoms with Crippen molar-refractivity contribution < 1.29 is 4.79 Å². The summed E-state index contributed by atoms with van der Waals surface area (Å²) in [4.78, 5) is 11.7. The number of hydrogen-bond donors (Lipinski definition) is 0. The van der Waals surface area contributed by atoms with Gasteiger partial charge in [-0.3, -0.25) is 4.79 Å². The summed E-state index contributed by atoms with van der Waals surface area (Å²) in [6.45, 7) is 2.04. The first-order valence-electron chi connectivity index (χ1n) is 5.27. The van der Waals surface area contributed by atoms with Crippen LogP contribution < -0.4 is 0 Å². The molecule has 0 bridgehead atoms. The van der Waals surface area contributed by atoms with Gasteiger partial charge in [0, 0.05) is 6.42 Å². The number of carbonyl (C=O) groups is 1. The minimum Gasteiger partial charge on any atom is -0.298 e. The highest BCUT2D eigenvalue weighted by Gasteiger charge is 2.18. The predicted octanol–water partition coefficient (Wildman–Crippen LogP) is 3.05. The highest BCUT2D eigenvalue weighted by molar-refractivity contribution is 5.88. The van der Waals surface area contributed by atoms with E-state index in [-0.39, 0.29) is 5.78 Å². The van der Waals surface area contributed by atoms with Crippen molar-refractivity contribution in [2.24, 2.45) is 0 Å². The number of benzene rings is 1. The first-order chi connectivity index (χ1) is 7.29. The van der Waals surface area contributed by atoms with Crippen LogP contribution in [0.4, 0.5) is 0 Å². The Morgan fingerprint density at radius 2 is 2.07 bits per heavy atom. The molecule has 0 heterocycles. The van der Waals surface area contributed by atoms with Gasteiger partial charge in [-0.2, -0.15) is 5.26 Å². The Hall–Kier alpha value is -1.62. The molecule has 2 heteroatoms. The van der Waals surface area contributed by atoms with Gasteiger partial charge in [0.25, 0.3) is 0 Å². The fourth-order valence-electron chi connectivity index (χ4n) is 1.47. The number of nitrogens with zero attached hydrogens (tertiary/aromatic N) is 1. The lowest BCUT2D eigenvalue weighted by Crippen LogP contribution is -2.10. The number of nitriles is 1. The first-order valence-corrected chi connectivity index (χ1v) is 5.27. The standard InChI is InChI=1S/C13H15NO/c1-2-3-9-13(15)12(10-14)11-7-5-4-6-8-11/h4-8,12H,2-3,9H2,1H3. The molecule has 78 valence electrons. The van der Waals surface area contributed by atoms with Gasteiger partial charge in [-0.1, -0.05) is 43.7 Å². The predicted molar refractivity (Wildman–Crippen MR) is 59.3 cm³/mol. The summed E-state index contributed by atoms with van der Waals surface area (Å²) in [5.74, 6) is -0.552. The first kappa shape index (κ1) is 11.5. The number of rotatable bonds is 5. The van der Waals surface area contributed by atoms with Crippen LogP contribution in [-0.2, 0) is 4.79 Å². The molecule has 0 aliphatic rings. The van der Waals surface area contributed by atoms with E-state index in [0.717, 1.165) is 18.4 Å². The number of ketones is 1. The van der Waals surface area contributed by atoms with E-state index in [0.29, 0.717) is 6.42 Å². The average Bonchev–Trinajstić information content (AvgIpc) is 2.29. The van der Waals surface area contributed by atoms with Crippen LogP contribution in [0.25, 0.3) is 0 Å². The molecule has 2 nitrogen and oxygen atoms in total. The molecule has 0 saturated heterocycles. The molecule has 0 saturated carbocycles. The quantitative estimate of drug-likeness (QED) is 0.734. The van der Waals surface area contributed by atoms with Crippen molar-refractivity contribution in [2.45, 2.75) is 32.1 Å². The molecular weight excluding hydrogens is 186 g/mol. The Morgan fingerprint density at radius 3 is 2.60 bits per heavy atom. The summed E-state index contributed by atoms with van der Waals surface area (Å²) in [5, 5.41) is 8.98. The van der Waals surface area contributed by atoms with Crippen molar-refractivity contribution in [3.05, 3.63) is 35.9 Å². The zero-order valence-corrected chi connectivity index (χ0v) is 8.94. The van der Waals surface area contributed by atoms with Crippen LogP contribution in [0.15, 0.2) is 30.3 Å². The van der Waals surface area contributed by atoms with E-state index < -0.39 is 5.92 Å². The lowest BCUT2D eigenvalue weighted by molar-refractivity contribution is -0.119. The van der Waals surface area contributed by atoms with Crippen molar-refractivity contribution in [3.8, 4) is 6.07 Å². The molecule has 1 aromatic carbocycles. The summed E-state index contributed by atoms with van der Waals surface area (Å²) in [6, 6.07) is 11.3.